The molecule has 3 rings (SSSR count). The van der Waals surface area contributed by atoms with E-state index >= 15 is 0 Å². The van der Waals surface area contributed by atoms with Gasteiger partial charge in [0.15, 0.2) is 0 Å². The van der Waals surface area contributed by atoms with Gasteiger partial charge in [-0.3, -0.25) is 9.59 Å². The summed E-state index contributed by atoms with van der Waals surface area (Å²) in [5.74, 6) is -0.748. The molecule has 0 heterocycles. The van der Waals surface area contributed by atoms with Crippen LogP contribution in [0.2, 0.25) is 10.0 Å². The molecule has 2 amide bonds. The predicted octanol–water partition coefficient (Wildman–Crippen LogP) is 4.74. The fourth-order valence-corrected chi connectivity index (χ4v) is 3.40. The molecular weight excluding hydrogens is 491 g/mol. The Balaban J connectivity index is 1.59. The van der Waals surface area contributed by atoms with Gasteiger partial charge in [-0.2, -0.15) is 10.4 Å². The van der Waals surface area contributed by atoms with Crippen LogP contribution in [0.3, 0.4) is 0 Å². The molecule has 0 spiro atoms. The summed E-state index contributed by atoms with van der Waals surface area (Å²) >= 11 is 12.1. The van der Waals surface area contributed by atoms with Crippen molar-refractivity contribution in [2.24, 2.45) is 5.10 Å². The number of nitrogens with one attached hydrogen (secondary N) is 2. The molecule has 3 aromatic carbocycles. The molecule has 178 valence electrons. The maximum absolute atomic E-state index is 12.1. The molecule has 0 aliphatic carbocycles. The lowest BCUT2D eigenvalue weighted by atomic mass is 10.1. The molecule has 35 heavy (non-hydrogen) atoms. The summed E-state index contributed by atoms with van der Waals surface area (Å²) in [6, 6.07) is 18.8. The van der Waals surface area contributed by atoms with Crippen molar-refractivity contribution in [3.05, 3.63) is 87.4 Å². The third-order valence-electron chi connectivity index (χ3n) is 4.66. The SMILES string of the molecule is COc1ccc(/C=N/NC(=O)C(=O)Nc2ccc(CC#N)cc2)cc1COc1ccc(Cl)cc1Cl. The molecule has 0 bridgehead atoms. The molecule has 0 aliphatic rings. The van der Waals surface area contributed by atoms with Crippen molar-refractivity contribution in [3.63, 3.8) is 0 Å². The molecule has 0 unspecified atom stereocenters. The van der Waals surface area contributed by atoms with Crippen LogP contribution in [0.25, 0.3) is 0 Å². The average molecular weight is 511 g/mol. The minimum atomic E-state index is -0.934. The number of rotatable bonds is 8. The first-order chi connectivity index (χ1) is 16.9. The third kappa shape index (κ3) is 7.47. The van der Waals surface area contributed by atoms with Gasteiger partial charge in [0.1, 0.15) is 18.1 Å². The van der Waals surface area contributed by atoms with E-state index in [0.29, 0.717) is 38.4 Å². The molecule has 3 aromatic rings. The second-order valence-corrected chi connectivity index (χ2v) is 7.96. The Kier molecular flexibility index (Phi) is 9.07. The quantitative estimate of drug-likeness (QED) is 0.258. The molecule has 0 aromatic heterocycles. The lowest BCUT2D eigenvalue weighted by molar-refractivity contribution is -0.136. The summed E-state index contributed by atoms with van der Waals surface area (Å²) in [4.78, 5) is 24.1. The molecule has 0 fully saturated rings. The highest BCUT2D eigenvalue weighted by atomic mass is 35.5. The van der Waals surface area contributed by atoms with E-state index in [4.69, 9.17) is 37.9 Å². The Morgan fingerprint density at radius 3 is 2.46 bits per heavy atom. The summed E-state index contributed by atoms with van der Waals surface area (Å²) in [7, 11) is 1.54. The highest BCUT2D eigenvalue weighted by Gasteiger charge is 2.13. The third-order valence-corrected chi connectivity index (χ3v) is 5.19. The molecule has 0 saturated carbocycles. The van der Waals surface area contributed by atoms with Gasteiger partial charge in [0, 0.05) is 16.3 Å². The smallest absolute Gasteiger partial charge is 0.329 e. The zero-order chi connectivity index (χ0) is 25.2. The Morgan fingerprint density at radius 2 is 1.77 bits per heavy atom. The van der Waals surface area contributed by atoms with Crippen molar-refractivity contribution < 1.29 is 19.1 Å². The van der Waals surface area contributed by atoms with E-state index in [1.165, 1.54) is 13.3 Å². The first kappa shape index (κ1) is 25.6. The second-order valence-electron chi connectivity index (χ2n) is 7.12. The summed E-state index contributed by atoms with van der Waals surface area (Å²) in [5.41, 5.74) is 4.77. The predicted molar refractivity (Wildman–Crippen MR) is 134 cm³/mol. The summed E-state index contributed by atoms with van der Waals surface area (Å²) in [5, 5.41) is 15.9. The minimum Gasteiger partial charge on any atom is -0.496 e. The van der Waals surface area contributed by atoms with Gasteiger partial charge >= 0.3 is 11.8 Å². The number of amides is 2. The maximum atomic E-state index is 12.1. The number of benzene rings is 3. The first-order valence-corrected chi connectivity index (χ1v) is 11.0. The van der Waals surface area contributed by atoms with E-state index < -0.39 is 11.8 Å². The fourth-order valence-electron chi connectivity index (χ4n) is 2.94. The summed E-state index contributed by atoms with van der Waals surface area (Å²) in [6.07, 6.45) is 1.65. The highest BCUT2D eigenvalue weighted by Crippen LogP contribution is 2.29. The Morgan fingerprint density at radius 1 is 1.03 bits per heavy atom. The topological polar surface area (TPSA) is 113 Å². The number of carbonyl (C=O) groups is 2. The van der Waals surface area contributed by atoms with Gasteiger partial charge < -0.3 is 14.8 Å². The number of ether oxygens (including phenoxy) is 2. The molecule has 0 radical (unpaired) electrons. The normalized spacial score (nSPS) is 10.5. The van der Waals surface area contributed by atoms with Crippen molar-refractivity contribution >= 4 is 46.9 Å². The van der Waals surface area contributed by atoms with Gasteiger partial charge in [-0.25, -0.2) is 5.43 Å². The summed E-state index contributed by atoms with van der Waals surface area (Å²) < 4.78 is 11.1. The average Bonchev–Trinajstić information content (AvgIpc) is 2.85. The van der Waals surface area contributed by atoms with Gasteiger partial charge in [-0.1, -0.05) is 35.3 Å². The number of methoxy groups -OCH3 is 1. The Bertz CT molecular complexity index is 1290. The zero-order valence-corrected chi connectivity index (χ0v) is 20.1. The first-order valence-electron chi connectivity index (χ1n) is 10.2. The zero-order valence-electron chi connectivity index (χ0n) is 18.5. The minimum absolute atomic E-state index is 0.161. The molecule has 8 nitrogen and oxygen atoms in total. The number of nitrogens with zero attached hydrogens (tertiary/aromatic N) is 2. The highest BCUT2D eigenvalue weighted by molar-refractivity contribution is 6.39. The standard InChI is InChI=1S/C25H20Cl2N4O4/c1-34-22-8-4-17(12-18(22)15-35-23-9-5-19(26)13-21(23)27)14-29-31-25(33)24(32)30-20-6-2-16(3-7-20)10-11-28/h2-9,12-14H,10,15H2,1H3,(H,30,32)(H,31,33)/b29-14+. The van der Waals surface area contributed by atoms with E-state index in [1.807, 2.05) is 6.07 Å². The van der Waals surface area contributed by atoms with E-state index in [2.05, 4.69) is 15.8 Å². The molecule has 0 aliphatic heterocycles. The number of hydrogen-bond acceptors (Lipinski definition) is 6. The van der Waals surface area contributed by atoms with Crippen LogP contribution in [0.4, 0.5) is 5.69 Å². The van der Waals surface area contributed by atoms with Crippen LogP contribution in [0.1, 0.15) is 16.7 Å². The van der Waals surface area contributed by atoms with Crippen LogP contribution in [0.15, 0.2) is 65.8 Å². The van der Waals surface area contributed by atoms with Crippen LogP contribution < -0.4 is 20.2 Å². The molecule has 2 N–H and O–H groups in total. The number of carbonyl (C=O) groups excluding carboxylic acids is 2. The van der Waals surface area contributed by atoms with E-state index in [-0.39, 0.29) is 13.0 Å². The van der Waals surface area contributed by atoms with Gasteiger partial charge in [0.2, 0.25) is 0 Å². The van der Waals surface area contributed by atoms with E-state index in [1.54, 1.807) is 60.7 Å². The van der Waals surface area contributed by atoms with Crippen molar-refractivity contribution in [3.8, 4) is 17.6 Å². The molecular formula is C25H20Cl2N4O4. The number of nitriles is 1. The number of hydrazone groups is 1. The lowest BCUT2D eigenvalue weighted by Gasteiger charge is -2.12. The molecule has 0 saturated heterocycles. The van der Waals surface area contributed by atoms with Crippen molar-refractivity contribution in [2.45, 2.75) is 13.0 Å². The van der Waals surface area contributed by atoms with Gasteiger partial charge in [-0.15, -0.1) is 0 Å². The number of halogens is 2. The molecule has 10 heteroatoms. The van der Waals surface area contributed by atoms with Crippen molar-refractivity contribution in [1.29, 1.82) is 5.26 Å². The van der Waals surface area contributed by atoms with Crippen LogP contribution >= 0.6 is 23.2 Å². The Labute approximate surface area is 212 Å². The number of anilines is 1. The monoisotopic (exact) mass is 510 g/mol. The van der Waals surface area contributed by atoms with Gasteiger partial charge in [0.25, 0.3) is 0 Å². The van der Waals surface area contributed by atoms with Crippen LogP contribution in [-0.4, -0.2) is 25.1 Å². The van der Waals surface area contributed by atoms with Crippen LogP contribution in [-0.2, 0) is 22.6 Å². The van der Waals surface area contributed by atoms with Crippen LogP contribution in [0, 0.1) is 11.3 Å². The van der Waals surface area contributed by atoms with Crippen molar-refractivity contribution in [1.82, 2.24) is 5.43 Å². The Hall–Kier alpha value is -4.06. The second kappa shape index (κ2) is 12.4. The fraction of sp³-hybridized carbons (Fsp3) is 0.120. The summed E-state index contributed by atoms with van der Waals surface area (Å²) in [6.45, 7) is 0.161. The lowest BCUT2D eigenvalue weighted by Crippen LogP contribution is -2.32. The molecule has 0 atom stereocenters. The van der Waals surface area contributed by atoms with Crippen LogP contribution in [0.5, 0.6) is 11.5 Å². The van der Waals surface area contributed by atoms with Gasteiger partial charge in [-0.05, 0) is 59.7 Å². The maximum Gasteiger partial charge on any atom is 0.329 e. The van der Waals surface area contributed by atoms with E-state index in [0.717, 1.165) is 5.56 Å². The largest absolute Gasteiger partial charge is 0.496 e. The number of hydrogen-bond donors (Lipinski definition) is 2. The van der Waals surface area contributed by atoms with Gasteiger partial charge in [0.05, 0.1) is 30.8 Å². The van der Waals surface area contributed by atoms with Crippen molar-refractivity contribution in [2.75, 3.05) is 12.4 Å². The van der Waals surface area contributed by atoms with E-state index in [9.17, 15) is 9.59 Å².